The largest absolute Gasteiger partial charge is 0.341 e. The Balaban J connectivity index is 1.20. The van der Waals surface area contributed by atoms with Gasteiger partial charge in [-0.25, -0.2) is 15.0 Å². The zero-order chi connectivity index (χ0) is 23.6. The molecule has 4 atom stereocenters. The van der Waals surface area contributed by atoms with Crippen molar-refractivity contribution in [3.63, 3.8) is 0 Å². The number of carbonyl (C=O) groups is 1. The maximum absolute atomic E-state index is 13.6. The molecular formula is C25H32N8OS. The van der Waals surface area contributed by atoms with Gasteiger partial charge in [-0.1, -0.05) is 12.1 Å². The van der Waals surface area contributed by atoms with Crippen LogP contribution in [0.4, 0.5) is 5.95 Å². The molecule has 2 aromatic heterocycles. The van der Waals surface area contributed by atoms with Gasteiger partial charge in [0.1, 0.15) is 10.9 Å². The van der Waals surface area contributed by atoms with Crippen molar-refractivity contribution in [2.24, 2.45) is 5.92 Å². The lowest BCUT2D eigenvalue weighted by molar-refractivity contribution is -0.127. The topological polar surface area (TPSA) is 107 Å². The highest BCUT2D eigenvalue weighted by atomic mass is 32.1. The first-order valence-corrected chi connectivity index (χ1v) is 13.5. The maximum atomic E-state index is 13.6. The number of hydrogen-bond acceptors (Lipinski definition) is 9. The predicted molar refractivity (Wildman–Crippen MR) is 137 cm³/mol. The third-order valence-electron chi connectivity index (χ3n) is 7.41. The van der Waals surface area contributed by atoms with Crippen molar-refractivity contribution in [2.75, 3.05) is 31.1 Å². The van der Waals surface area contributed by atoms with Crippen LogP contribution in [0.2, 0.25) is 0 Å². The quantitative estimate of drug-likeness (QED) is 0.427. The number of hydrogen-bond donors (Lipinski definition) is 4. The van der Waals surface area contributed by atoms with E-state index >= 15 is 0 Å². The fourth-order valence-electron chi connectivity index (χ4n) is 5.54. The molecule has 4 N–H and O–H groups in total. The second-order valence-electron chi connectivity index (χ2n) is 9.71. The first kappa shape index (κ1) is 22.8. The molecule has 3 aromatic rings. The summed E-state index contributed by atoms with van der Waals surface area (Å²) < 4.78 is 1.12. The van der Waals surface area contributed by atoms with Crippen LogP contribution in [0.15, 0.2) is 42.7 Å². The number of anilines is 1. The molecule has 9 nitrogen and oxygen atoms in total. The summed E-state index contributed by atoms with van der Waals surface area (Å²) in [5.74, 6) is 0.835. The number of benzene rings is 1. The molecule has 5 heterocycles. The van der Waals surface area contributed by atoms with Crippen LogP contribution in [0.25, 0.3) is 10.2 Å². The summed E-state index contributed by atoms with van der Waals surface area (Å²) in [5.41, 5.74) is 0.955. The molecule has 1 amide bonds. The second-order valence-corrected chi connectivity index (χ2v) is 10.8. The molecule has 3 aliphatic rings. The highest BCUT2D eigenvalue weighted by molar-refractivity contribution is 7.18. The second kappa shape index (κ2) is 10.1. The Morgan fingerprint density at radius 1 is 1.06 bits per heavy atom. The van der Waals surface area contributed by atoms with Gasteiger partial charge >= 0.3 is 0 Å². The van der Waals surface area contributed by atoms with Gasteiger partial charge < -0.3 is 15.5 Å². The smallest absolute Gasteiger partial charge is 0.234 e. The lowest BCUT2D eigenvalue weighted by Crippen LogP contribution is -2.69. The van der Waals surface area contributed by atoms with Gasteiger partial charge in [-0.2, -0.15) is 0 Å². The van der Waals surface area contributed by atoms with E-state index in [0.717, 1.165) is 73.0 Å². The Morgan fingerprint density at radius 3 is 2.66 bits per heavy atom. The molecule has 3 saturated heterocycles. The molecule has 6 rings (SSSR count). The van der Waals surface area contributed by atoms with Gasteiger partial charge in [0.05, 0.1) is 22.5 Å². The van der Waals surface area contributed by atoms with E-state index in [1.165, 1.54) is 0 Å². The van der Waals surface area contributed by atoms with E-state index in [1.54, 1.807) is 23.7 Å². The van der Waals surface area contributed by atoms with Gasteiger partial charge in [-0.15, -0.1) is 11.3 Å². The van der Waals surface area contributed by atoms with Crippen LogP contribution >= 0.6 is 11.3 Å². The Kier molecular flexibility index (Phi) is 6.60. The number of rotatable bonds is 5. The van der Waals surface area contributed by atoms with Crippen LogP contribution in [0.1, 0.15) is 36.6 Å². The number of aromatic nitrogens is 3. The molecule has 3 fully saturated rings. The maximum Gasteiger partial charge on any atom is 0.234 e. The first-order valence-electron chi connectivity index (χ1n) is 12.7. The Labute approximate surface area is 209 Å². The molecule has 0 aliphatic carbocycles. The highest BCUT2D eigenvalue weighted by Crippen LogP contribution is 2.33. The molecule has 0 radical (unpaired) electrons. The number of nitrogens with one attached hydrogen (secondary N) is 4. The van der Waals surface area contributed by atoms with Gasteiger partial charge in [0.2, 0.25) is 11.9 Å². The van der Waals surface area contributed by atoms with Crippen molar-refractivity contribution >= 4 is 33.4 Å². The number of amides is 1. The van der Waals surface area contributed by atoms with Crippen molar-refractivity contribution < 1.29 is 4.79 Å². The minimum atomic E-state index is -0.358. The predicted octanol–water partition coefficient (Wildman–Crippen LogP) is 1.80. The molecular weight excluding hydrogens is 460 g/mol. The van der Waals surface area contributed by atoms with E-state index in [9.17, 15) is 4.79 Å². The standard InChI is InChI=1S/C25H32N8OS/c34-23-20(24-30-18-6-1-2-7-19(18)35-24)22(29-17-5-3-10-26-15-17)31-21(32-23)16-8-13-33(14-9-16)25-27-11-4-12-28-25/h1-2,4,6-7,11-12,16-17,20-22,26,29,31H,3,5,8-10,13-15H2,(H,32,34)/t17-,20?,21?,22?/m1/s1. The van der Waals surface area contributed by atoms with Gasteiger partial charge in [0.15, 0.2) is 0 Å². The zero-order valence-corrected chi connectivity index (χ0v) is 20.5. The van der Waals surface area contributed by atoms with E-state index < -0.39 is 0 Å². The monoisotopic (exact) mass is 492 g/mol. The van der Waals surface area contributed by atoms with Crippen molar-refractivity contribution in [1.82, 2.24) is 36.2 Å². The number of thiazole rings is 1. The molecule has 0 saturated carbocycles. The minimum Gasteiger partial charge on any atom is -0.341 e. The number of fused-ring (bicyclic) bond motifs is 1. The average Bonchev–Trinajstić information content (AvgIpc) is 3.33. The third-order valence-corrected chi connectivity index (χ3v) is 8.53. The van der Waals surface area contributed by atoms with Crippen LogP contribution in [0, 0.1) is 5.92 Å². The number of para-hydroxylation sites is 1. The van der Waals surface area contributed by atoms with Crippen LogP contribution < -0.4 is 26.2 Å². The Morgan fingerprint density at radius 2 is 1.89 bits per heavy atom. The lowest BCUT2D eigenvalue weighted by Gasteiger charge is -2.44. The molecule has 0 spiro atoms. The number of carbonyl (C=O) groups excluding carboxylic acids is 1. The van der Waals surface area contributed by atoms with Gasteiger partial charge in [-0.3, -0.25) is 15.4 Å². The van der Waals surface area contributed by atoms with E-state index in [-0.39, 0.29) is 24.2 Å². The summed E-state index contributed by atoms with van der Waals surface area (Å²) in [7, 11) is 0. The van der Waals surface area contributed by atoms with Crippen LogP contribution in [0.3, 0.4) is 0 Å². The van der Waals surface area contributed by atoms with Gasteiger partial charge in [-0.05, 0) is 56.3 Å². The fourth-order valence-corrected chi connectivity index (χ4v) is 6.64. The lowest BCUT2D eigenvalue weighted by atomic mass is 9.90. The number of piperidine rings is 2. The van der Waals surface area contributed by atoms with Crippen molar-refractivity contribution in [3.05, 3.63) is 47.7 Å². The fraction of sp³-hybridized carbons (Fsp3) is 0.520. The highest BCUT2D eigenvalue weighted by Gasteiger charge is 2.42. The average molecular weight is 493 g/mol. The Hall–Kier alpha value is -2.66. The molecule has 10 heteroatoms. The van der Waals surface area contributed by atoms with E-state index in [0.29, 0.717) is 12.0 Å². The minimum absolute atomic E-state index is 0.0582. The number of nitrogens with zero attached hydrogens (tertiary/aromatic N) is 4. The van der Waals surface area contributed by atoms with Gasteiger partial charge in [0.25, 0.3) is 0 Å². The molecule has 3 unspecified atom stereocenters. The summed E-state index contributed by atoms with van der Waals surface area (Å²) in [6.07, 6.45) is 7.55. The molecule has 1 aromatic carbocycles. The summed E-state index contributed by atoms with van der Waals surface area (Å²) in [6, 6.07) is 10.3. The molecule has 184 valence electrons. The molecule has 35 heavy (non-hydrogen) atoms. The zero-order valence-electron chi connectivity index (χ0n) is 19.7. The third kappa shape index (κ3) is 4.88. The van der Waals surface area contributed by atoms with Crippen molar-refractivity contribution in [3.8, 4) is 0 Å². The van der Waals surface area contributed by atoms with E-state index in [4.69, 9.17) is 4.98 Å². The van der Waals surface area contributed by atoms with Crippen LogP contribution in [-0.4, -0.2) is 65.4 Å². The van der Waals surface area contributed by atoms with Crippen molar-refractivity contribution in [1.29, 1.82) is 0 Å². The normalized spacial score (nSPS) is 28.2. The van der Waals surface area contributed by atoms with E-state index in [2.05, 4.69) is 42.2 Å². The molecule has 0 bridgehead atoms. The molecule has 3 aliphatic heterocycles. The SMILES string of the molecule is O=C1NC(C2CCN(c3ncccn3)CC2)NC(N[C@@H]2CCCNC2)C1c1nc2ccccc2s1. The summed E-state index contributed by atoms with van der Waals surface area (Å²) in [5, 5.41) is 15.2. The first-order chi connectivity index (χ1) is 17.2. The van der Waals surface area contributed by atoms with Crippen LogP contribution in [0.5, 0.6) is 0 Å². The Bertz CT molecular complexity index is 1110. The van der Waals surface area contributed by atoms with E-state index in [1.807, 2.05) is 24.3 Å². The summed E-state index contributed by atoms with van der Waals surface area (Å²) in [4.78, 5) is 29.5. The van der Waals surface area contributed by atoms with Crippen LogP contribution in [-0.2, 0) is 4.79 Å². The summed E-state index contributed by atoms with van der Waals surface area (Å²) >= 11 is 1.62. The van der Waals surface area contributed by atoms with Gasteiger partial charge in [0, 0.05) is 38.1 Å². The summed E-state index contributed by atoms with van der Waals surface area (Å²) in [6.45, 7) is 3.75. The van der Waals surface area contributed by atoms with Crippen molar-refractivity contribution in [2.45, 2.75) is 50.0 Å².